The number of amides is 1. The predicted octanol–water partition coefficient (Wildman–Crippen LogP) is 6.46. The Balaban J connectivity index is 1.55. The molecular formula is C24H24ClF3N2O3. The summed E-state index contributed by atoms with van der Waals surface area (Å²) in [5.41, 5.74) is 1.08. The van der Waals surface area contributed by atoms with E-state index in [1.807, 2.05) is 0 Å². The average molecular weight is 481 g/mol. The Labute approximate surface area is 195 Å². The van der Waals surface area contributed by atoms with Gasteiger partial charge in [0.15, 0.2) is 6.61 Å². The molecule has 2 aromatic carbocycles. The number of ether oxygens (including phenoxy) is 1. The van der Waals surface area contributed by atoms with E-state index in [9.17, 15) is 22.8 Å². The first-order valence-electron chi connectivity index (χ1n) is 10.6. The number of hydrogen-bond donors (Lipinski definition) is 2. The highest BCUT2D eigenvalue weighted by atomic mass is 35.5. The number of carbonyl (C=O) groups excluding carboxylic acids is 2. The van der Waals surface area contributed by atoms with Crippen molar-refractivity contribution in [2.75, 3.05) is 23.8 Å². The van der Waals surface area contributed by atoms with Crippen molar-refractivity contribution in [2.24, 2.45) is 0 Å². The Morgan fingerprint density at radius 2 is 1.85 bits per heavy atom. The smallest absolute Gasteiger partial charge is 0.416 e. The lowest BCUT2D eigenvalue weighted by atomic mass is 9.97. The maximum Gasteiger partial charge on any atom is 0.416 e. The van der Waals surface area contributed by atoms with E-state index in [1.165, 1.54) is 18.4 Å². The zero-order valence-corrected chi connectivity index (χ0v) is 18.6. The highest BCUT2D eigenvalue weighted by Gasteiger charge is 2.31. The molecule has 0 aromatic heterocycles. The monoisotopic (exact) mass is 480 g/mol. The molecule has 0 radical (unpaired) electrons. The average Bonchev–Trinajstić information content (AvgIpc) is 2.79. The van der Waals surface area contributed by atoms with Gasteiger partial charge in [0.25, 0.3) is 5.91 Å². The molecule has 1 aliphatic rings. The quantitative estimate of drug-likeness (QED) is 0.336. The van der Waals surface area contributed by atoms with Crippen LogP contribution in [0.2, 0.25) is 5.02 Å². The van der Waals surface area contributed by atoms with Gasteiger partial charge in [-0.05, 0) is 62.4 Å². The lowest BCUT2D eigenvalue weighted by Gasteiger charge is -2.15. The van der Waals surface area contributed by atoms with Gasteiger partial charge in [-0.3, -0.25) is 4.79 Å². The molecular weight excluding hydrogens is 457 g/mol. The van der Waals surface area contributed by atoms with Gasteiger partial charge in [0.2, 0.25) is 0 Å². The third kappa shape index (κ3) is 7.25. The van der Waals surface area contributed by atoms with Crippen LogP contribution >= 0.6 is 11.6 Å². The van der Waals surface area contributed by atoms with Crippen molar-refractivity contribution in [2.45, 2.75) is 38.3 Å². The molecule has 5 nitrogen and oxygen atoms in total. The Bertz CT molecular complexity index is 1040. The minimum atomic E-state index is -4.58. The van der Waals surface area contributed by atoms with Crippen LogP contribution in [0.1, 0.15) is 48.0 Å². The number of esters is 1. The fourth-order valence-electron chi connectivity index (χ4n) is 3.50. The van der Waals surface area contributed by atoms with E-state index in [2.05, 4.69) is 16.7 Å². The van der Waals surface area contributed by atoms with Crippen molar-refractivity contribution >= 4 is 34.9 Å². The van der Waals surface area contributed by atoms with Crippen molar-refractivity contribution in [3.8, 4) is 0 Å². The number of rotatable bonds is 8. The molecule has 0 aliphatic heterocycles. The van der Waals surface area contributed by atoms with Crippen LogP contribution in [0.25, 0.3) is 0 Å². The molecule has 0 unspecified atom stereocenters. The molecule has 0 bridgehead atoms. The third-order valence-corrected chi connectivity index (χ3v) is 5.53. The standard InChI is InChI=1S/C24H24ClF3N2O3/c25-19-11-10-17(24(26,27)28)14-21(19)30-22(31)15-33-23(32)18-8-4-5-9-20(18)29-13-12-16-6-2-1-3-7-16/h4-6,8-11,14,29H,1-3,7,12-13,15H2,(H,30,31). The number of nitrogens with one attached hydrogen (secondary N) is 2. The molecule has 0 heterocycles. The van der Waals surface area contributed by atoms with E-state index in [4.69, 9.17) is 16.3 Å². The molecule has 2 N–H and O–H groups in total. The molecule has 2 aromatic rings. The normalized spacial score (nSPS) is 13.8. The zero-order valence-electron chi connectivity index (χ0n) is 17.8. The molecule has 0 atom stereocenters. The summed E-state index contributed by atoms with van der Waals surface area (Å²) >= 11 is 5.87. The summed E-state index contributed by atoms with van der Waals surface area (Å²) < 4.78 is 43.7. The summed E-state index contributed by atoms with van der Waals surface area (Å²) in [6.45, 7) is -0.0166. The van der Waals surface area contributed by atoms with Gasteiger partial charge in [0.05, 0.1) is 21.8 Å². The lowest BCUT2D eigenvalue weighted by molar-refractivity contribution is -0.137. The molecule has 9 heteroatoms. The number of halogens is 4. The van der Waals surface area contributed by atoms with Gasteiger partial charge < -0.3 is 15.4 Å². The van der Waals surface area contributed by atoms with Gasteiger partial charge in [0, 0.05) is 12.2 Å². The third-order valence-electron chi connectivity index (χ3n) is 5.20. The SMILES string of the molecule is O=C(COC(=O)c1ccccc1NCCC1=CCCCC1)Nc1cc(C(F)(F)F)ccc1Cl. The van der Waals surface area contributed by atoms with Crippen LogP contribution < -0.4 is 10.6 Å². The largest absolute Gasteiger partial charge is 0.452 e. The summed E-state index contributed by atoms with van der Waals surface area (Å²) in [6.07, 6.45) is 3.18. The summed E-state index contributed by atoms with van der Waals surface area (Å²) in [7, 11) is 0. The maximum absolute atomic E-state index is 12.9. The molecule has 0 saturated carbocycles. The highest BCUT2D eigenvalue weighted by Crippen LogP contribution is 2.33. The van der Waals surface area contributed by atoms with E-state index < -0.39 is 30.2 Å². The number of allylic oxidation sites excluding steroid dienone is 1. The van der Waals surface area contributed by atoms with E-state index >= 15 is 0 Å². The van der Waals surface area contributed by atoms with Crippen molar-refractivity contribution in [1.29, 1.82) is 0 Å². The van der Waals surface area contributed by atoms with Gasteiger partial charge in [-0.15, -0.1) is 0 Å². The van der Waals surface area contributed by atoms with Crippen molar-refractivity contribution in [3.63, 3.8) is 0 Å². The first-order valence-corrected chi connectivity index (χ1v) is 11.0. The van der Waals surface area contributed by atoms with E-state index in [0.717, 1.165) is 37.5 Å². The molecule has 176 valence electrons. The minimum absolute atomic E-state index is 0.0645. The van der Waals surface area contributed by atoms with Crippen LogP contribution in [0.3, 0.4) is 0 Å². The summed E-state index contributed by atoms with van der Waals surface area (Å²) in [6, 6.07) is 9.35. The highest BCUT2D eigenvalue weighted by molar-refractivity contribution is 6.33. The van der Waals surface area contributed by atoms with E-state index in [-0.39, 0.29) is 16.3 Å². The van der Waals surface area contributed by atoms with Crippen LogP contribution in [-0.4, -0.2) is 25.0 Å². The fourth-order valence-corrected chi connectivity index (χ4v) is 3.66. The van der Waals surface area contributed by atoms with Crippen LogP contribution in [-0.2, 0) is 15.7 Å². The van der Waals surface area contributed by atoms with Gasteiger partial charge in [-0.25, -0.2) is 4.79 Å². The van der Waals surface area contributed by atoms with Crippen LogP contribution in [0.15, 0.2) is 54.1 Å². The Hall–Kier alpha value is -3.00. The van der Waals surface area contributed by atoms with Crippen LogP contribution in [0.4, 0.5) is 24.5 Å². The second-order valence-electron chi connectivity index (χ2n) is 7.65. The molecule has 0 saturated heterocycles. The predicted molar refractivity (Wildman–Crippen MR) is 121 cm³/mol. The fraction of sp³-hybridized carbons (Fsp3) is 0.333. The summed E-state index contributed by atoms with van der Waals surface area (Å²) in [5, 5.41) is 5.41. The number of hydrogen-bond acceptors (Lipinski definition) is 4. The van der Waals surface area contributed by atoms with E-state index in [1.54, 1.807) is 24.3 Å². The van der Waals surface area contributed by atoms with E-state index in [0.29, 0.717) is 12.2 Å². The van der Waals surface area contributed by atoms with Gasteiger partial charge in [-0.1, -0.05) is 35.4 Å². The molecule has 33 heavy (non-hydrogen) atoms. The molecule has 3 rings (SSSR count). The van der Waals surface area contributed by atoms with Gasteiger partial charge >= 0.3 is 12.1 Å². The number of para-hydroxylation sites is 1. The Morgan fingerprint density at radius 3 is 2.58 bits per heavy atom. The van der Waals surface area contributed by atoms with Crippen LogP contribution in [0.5, 0.6) is 0 Å². The molecule has 1 aliphatic carbocycles. The molecule has 0 fully saturated rings. The first-order chi connectivity index (χ1) is 15.7. The number of anilines is 2. The summed E-state index contributed by atoms with van der Waals surface area (Å²) in [4.78, 5) is 24.7. The van der Waals surface area contributed by atoms with Crippen molar-refractivity contribution in [3.05, 3.63) is 70.3 Å². The zero-order chi connectivity index (χ0) is 23.8. The van der Waals surface area contributed by atoms with Gasteiger partial charge in [0.1, 0.15) is 0 Å². The second-order valence-corrected chi connectivity index (χ2v) is 8.05. The molecule has 0 spiro atoms. The second kappa shape index (κ2) is 11.2. The Morgan fingerprint density at radius 1 is 1.06 bits per heavy atom. The minimum Gasteiger partial charge on any atom is -0.452 e. The Kier molecular flexibility index (Phi) is 8.38. The first kappa shape index (κ1) is 24.6. The molecule has 1 amide bonds. The number of alkyl halides is 3. The number of carbonyl (C=O) groups is 2. The maximum atomic E-state index is 12.9. The van der Waals surface area contributed by atoms with Crippen molar-refractivity contribution in [1.82, 2.24) is 0 Å². The lowest BCUT2D eigenvalue weighted by Crippen LogP contribution is -2.22. The summed E-state index contributed by atoms with van der Waals surface area (Å²) in [5.74, 6) is -1.53. The van der Waals surface area contributed by atoms with Crippen molar-refractivity contribution < 1.29 is 27.5 Å². The van der Waals surface area contributed by atoms with Crippen LogP contribution in [0, 0.1) is 0 Å². The topological polar surface area (TPSA) is 67.4 Å². The number of benzene rings is 2. The van der Waals surface area contributed by atoms with Gasteiger partial charge in [-0.2, -0.15) is 13.2 Å².